The SMILES string of the molecule is Cc1c(-c2nc3cc(CN4CC[C@@H](C(=O)O)C4)cc(C#N)c3o2)cccc1-c1cccc(Sc2nc3c(n2C)CCN(C)C3)c1Cl. The molecule has 2 aliphatic heterocycles. The van der Waals surface area contributed by atoms with E-state index < -0.39 is 5.97 Å². The minimum Gasteiger partial charge on any atom is -0.481 e. The highest BCUT2D eigenvalue weighted by atomic mass is 35.5. The average Bonchev–Trinajstić information content (AvgIpc) is 3.76. The van der Waals surface area contributed by atoms with Gasteiger partial charge < -0.3 is 19.0 Å². The first kappa shape index (κ1) is 30.5. The van der Waals surface area contributed by atoms with Crippen LogP contribution in [0, 0.1) is 24.2 Å². The van der Waals surface area contributed by atoms with Crippen molar-refractivity contribution in [2.75, 3.05) is 26.7 Å². The van der Waals surface area contributed by atoms with Gasteiger partial charge in [0.05, 0.1) is 22.2 Å². The van der Waals surface area contributed by atoms with Crippen LogP contribution in [0.4, 0.5) is 0 Å². The van der Waals surface area contributed by atoms with E-state index in [-0.39, 0.29) is 5.92 Å². The monoisotopic (exact) mass is 652 g/mol. The first-order valence-corrected chi connectivity index (χ1v) is 16.5. The summed E-state index contributed by atoms with van der Waals surface area (Å²) in [5.74, 6) is -0.690. The number of likely N-dealkylation sites (tertiary alicyclic amines) is 1. The number of benzene rings is 3. The molecule has 1 N–H and O–H groups in total. The van der Waals surface area contributed by atoms with Gasteiger partial charge in [0.15, 0.2) is 10.7 Å². The van der Waals surface area contributed by atoms with Crippen LogP contribution in [0.25, 0.3) is 33.7 Å². The number of carbonyl (C=O) groups is 1. The van der Waals surface area contributed by atoms with Gasteiger partial charge >= 0.3 is 5.97 Å². The quantitative estimate of drug-likeness (QED) is 0.203. The van der Waals surface area contributed by atoms with E-state index in [2.05, 4.69) is 34.5 Å². The molecule has 9 nitrogen and oxygen atoms in total. The fraction of sp³-hybridized carbons (Fsp3) is 0.314. The Morgan fingerprint density at radius 3 is 2.70 bits per heavy atom. The van der Waals surface area contributed by atoms with Crippen molar-refractivity contribution in [2.45, 2.75) is 42.9 Å². The molecule has 0 bridgehead atoms. The highest BCUT2D eigenvalue weighted by molar-refractivity contribution is 7.99. The highest BCUT2D eigenvalue weighted by Crippen LogP contribution is 2.42. The van der Waals surface area contributed by atoms with Crippen molar-refractivity contribution >= 4 is 40.4 Å². The van der Waals surface area contributed by atoms with Crippen molar-refractivity contribution in [1.29, 1.82) is 5.26 Å². The van der Waals surface area contributed by atoms with Crippen molar-refractivity contribution in [3.05, 3.63) is 81.6 Å². The minimum absolute atomic E-state index is 0.358. The van der Waals surface area contributed by atoms with E-state index >= 15 is 0 Å². The summed E-state index contributed by atoms with van der Waals surface area (Å²) in [6.07, 6.45) is 1.61. The lowest BCUT2D eigenvalue weighted by atomic mass is 9.96. The Bertz CT molecular complexity index is 2050. The summed E-state index contributed by atoms with van der Waals surface area (Å²) >= 11 is 8.68. The fourth-order valence-corrected chi connectivity index (χ4v) is 7.89. The molecule has 11 heteroatoms. The van der Waals surface area contributed by atoms with Gasteiger partial charge in [-0.1, -0.05) is 47.6 Å². The molecule has 234 valence electrons. The Morgan fingerprint density at radius 1 is 1.13 bits per heavy atom. The van der Waals surface area contributed by atoms with E-state index in [9.17, 15) is 15.2 Å². The van der Waals surface area contributed by atoms with Gasteiger partial charge in [0.25, 0.3) is 0 Å². The van der Waals surface area contributed by atoms with Crippen LogP contribution in [0.5, 0.6) is 0 Å². The molecule has 1 atom stereocenters. The average molecular weight is 653 g/mol. The number of carboxylic acid groups (broad SMARTS) is 1. The lowest BCUT2D eigenvalue weighted by Gasteiger charge is -2.21. The molecular weight excluding hydrogens is 620 g/mol. The largest absolute Gasteiger partial charge is 0.481 e. The predicted molar refractivity (Wildman–Crippen MR) is 178 cm³/mol. The van der Waals surface area contributed by atoms with Crippen LogP contribution < -0.4 is 0 Å². The zero-order valence-electron chi connectivity index (χ0n) is 25.9. The van der Waals surface area contributed by atoms with Crippen LogP contribution in [-0.4, -0.2) is 62.1 Å². The number of aromatic nitrogens is 3. The van der Waals surface area contributed by atoms with Gasteiger partial charge in [-0.2, -0.15) is 5.26 Å². The van der Waals surface area contributed by atoms with Crippen LogP contribution in [-0.2, 0) is 31.4 Å². The number of fused-ring (bicyclic) bond motifs is 2. The second kappa shape index (κ2) is 12.2. The Balaban J connectivity index is 1.19. The molecule has 2 aromatic heterocycles. The number of nitriles is 1. The minimum atomic E-state index is -0.763. The van der Waals surface area contributed by atoms with E-state index in [4.69, 9.17) is 26.0 Å². The molecule has 0 unspecified atom stereocenters. The fourth-order valence-electron chi connectivity index (χ4n) is 6.60. The third kappa shape index (κ3) is 5.58. The standard InChI is InChI=1S/C35H33ClN6O3S/c1-20-24(26-8-5-9-30(31(26)36)46-35-39-28-19-40(2)12-11-29(28)41(35)3)6-4-7-25(20)33-38-27-15-21(14-23(16-37)32(27)45-33)17-42-13-10-22(18-42)34(43)44/h4-9,14-15,22H,10-13,17-19H2,1-3H3,(H,43,44)/t22-/m1/s1. The molecule has 4 heterocycles. The Labute approximate surface area is 276 Å². The van der Waals surface area contributed by atoms with Gasteiger partial charge in [-0.25, -0.2) is 9.97 Å². The maximum atomic E-state index is 11.4. The van der Waals surface area contributed by atoms with Crippen molar-refractivity contribution in [2.24, 2.45) is 13.0 Å². The Hall–Kier alpha value is -4.14. The number of rotatable bonds is 7. The summed E-state index contributed by atoms with van der Waals surface area (Å²) in [5, 5.41) is 20.9. The van der Waals surface area contributed by atoms with Crippen molar-refractivity contribution in [3.8, 4) is 28.7 Å². The number of hydrogen-bond acceptors (Lipinski definition) is 8. The van der Waals surface area contributed by atoms with E-state index in [0.717, 1.165) is 63.1 Å². The molecule has 0 amide bonds. The molecule has 0 saturated carbocycles. The van der Waals surface area contributed by atoms with Gasteiger partial charge in [0.2, 0.25) is 5.89 Å². The van der Waals surface area contributed by atoms with Gasteiger partial charge in [-0.05, 0) is 67.9 Å². The van der Waals surface area contributed by atoms with Crippen LogP contribution in [0.1, 0.15) is 34.5 Å². The summed E-state index contributed by atoms with van der Waals surface area (Å²) in [7, 11) is 4.20. The third-order valence-corrected chi connectivity index (χ3v) is 10.7. The van der Waals surface area contributed by atoms with Gasteiger partial charge in [0, 0.05) is 61.4 Å². The van der Waals surface area contributed by atoms with Gasteiger partial charge in [-0.3, -0.25) is 9.69 Å². The van der Waals surface area contributed by atoms with Gasteiger partial charge in [-0.15, -0.1) is 0 Å². The molecule has 7 rings (SSSR count). The first-order chi connectivity index (χ1) is 22.2. The number of halogens is 1. The maximum absolute atomic E-state index is 11.4. The summed E-state index contributed by atoms with van der Waals surface area (Å²) in [5.41, 5.74) is 8.42. The molecule has 2 aliphatic rings. The number of oxazole rings is 1. The first-order valence-electron chi connectivity index (χ1n) is 15.3. The summed E-state index contributed by atoms with van der Waals surface area (Å²) in [6.45, 7) is 5.65. The summed E-state index contributed by atoms with van der Waals surface area (Å²) in [4.78, 5) is 26.5. The van der Waals surface area contributed by atoms with E-state index in [1.54, 1.807) is 11.8 Å². The smallest absolute Gasteiger partial charge is 0.307 e. The van der Waals surface area contributed by atoms with E-state index in [0.29, 0.717) is 53.6 Å². The number of likely N-dealkylation sites (N-methyl/N-ethyl adjacent to an activating group) is 1. The topological polar surface area (TPSA) is 111 Å². The maximum Gasteiger partial charge on any atom is 0.307 e. The molecule has 1 fully saturated rings. The molecule has 0 spiro atoms. The Kier molecular flexibility index (Phi) is 8.11. The summed E-state index contributed by atoms with van der Waals surface area (Å²) < 4.78 is 8.43. The number of hydrogen-bond donors (Lipinski definition) is 1. The molecule has 1 saturated heterocycles. The number of nitrogens with zero attached hydrogens (tertiary/aromatic N) is 6. The van der Waals surface area contributed by atoms with Crippen LogP contribution >= 0.6 is 23.4 Å². The summed E-state index contributed by atoms with van der Waals surface area (Å²) in [6, 6.07) is 18.1. The number of aliphatic carboxylic acids is 1. The van der Waals surface area contributed by atoms with E-state index in [1.807, 2.05) is 55.5 Å². The predicted octanol–water partition coefficient (Wildman–Crippen LogP) is 6.77. The Morgan fingerprint density at radius 2 is 1.91 bits per heavy atom. The molecule has 46 heavy (non-hydrogen) atoms. The lowest BCUT2D eigenvalue weighted by Crippen LogP contribution is -2.27. The van der Waals surface area contributed by atoms with E-state index in [1.165, 1.54) is 5.69 Å². The molecular formula is C35H33ClN6O3S. The third-order valence-electron chi connectivity index (χ3n) is 9.12. The molecule has 0 aliphatic carbocycles. The highest BCUT2D eigenvalue weighted by Gasteiger charge is 2.28. The zero-order valence-corrected chi connectivity index (χ0v) is 27.5. The molecule has 5 aromatic rings. The van der Waals surface area contributed by atoms with Crippen molar-refractivity contribution in [1.82, 2.24) is 24.3 Å². The number of imidazole rings is 1. The van der Waals surface area contributed by atoms with Crippen LogP contribution in [0.3, 0.4) is 0 Å². The normalized spacial score (nSPS) is 17.0. The van der Waals surface area contributed by atoms with Crippen LogP contribution in [0.2, 0.25) is 5.02 Å². The second-order valence-electron chi connectivity index (χ2n) is 12.2. The second-order valence-corrected chi connectivity index (χ2v) is 13.6. The number of carboxylic acids is 1. The zero-order chi connectivity index (χ0) is 32.1. The lowest BCUT2D eigenvalue weighted by molar-refractivity contribution is -0.141. The van der Waals surface area contributed by atoms with Gasteiger partial charge in [0.1, 0.15) is 11.6 Å². The molecule has 0 radical (unpaired) electrons. The van der Waals surface area contributed by atoms with Crippen molar-refractivity contribution < 1.29 is 14.3 Å². The molecule has 3 aromatic carbocycles. The van der Waals surface area contributed by atoms with Crippen LogP contribution in [0.15, 0.2) is 63.0 Å². The van der Waals surface area contributed by atoms with Crippen molar-refractivity contribution in [3.63, 3.8) is 0 Å².